The number of fused-ring (bicyclic) bond motifs is 3. The van der Waals surface area contributed by atoms with Crippen LogP contribution in [0, 0.1) is 0 Å². The summed E-state index contributed by atoms with van der Waals surface area (Å²) >= 11 is 6.11. The molecule has 3 aromatic carbocycles. The molecule has 0 saturated carbocycles. The zero-order chi connectivity index (χ0) is 19.7. The van der Waals surface area contributed by atoms with Crippen LogP contribution in [0.4, 0.5) is 5.69 Å². The number of nitrogens with one attached hydrogen (secondary N) is 1. The highest BCUT2D eigenvalue weighted by molar-refractivity contribution is 6.32. The highest BCUT2D eigenvalue weighted by Crippen LogP contribution is 2.31. The molecule has 4 nitrogen and oxygen atoms in total. The number of anilines is 1. The summed E-state index contributed by atoms with van der Waals surface area (Å²) in [5, 5.41) is 5.73. The van der Waals surface area contributed by atoms with Gasteiger partial charge in [0.1, 0.15) is 5.75 Å². The lowest BCUT2D eigenvalue weighted by Crippen LogP contribution is -2.30. The molecule has 142 valence electrons. The maximum Gasteiger partial charge on any atom is 0.265 e. The van der Waals surface area contributed by atoms with Crippen LogP contribution in [0.15, 0.2) is 66.7 Å². The SMILES string of the molecule is CCn1c2ccccc2c2cc(NC(=O)[C@H](C)Oc3ccccc3Cl)ccc21. The van der Waals surface area contributed by atoms with Crippen molar-refractivity contribution in [1.82, 2.24) is 4.57 Å². The van der Waals surface area contributed by atoms with Gasteiger partial charge < -0.3 is 14.6 Å². The van der Waals surface area contributed by atoms with Crippen LogP contribution in [0.25, 0.3) is 21.8 Å². The van der Waals surface area contributed by atoms with E-state index in [2.05, 4.69) is 28.9 Å². The smallest absolute Gasteiger partial charge is 0.265 e. The van der Waals surface area contributed by atoms with Gasteiger partial charge in [0, 0.05) is 34.0 Å². The number of carbonyl (C=O) groups excluding carboxylic acids is 1. The highest BCUT2D eigenvalue weighted by Gasteiger charge is 2.17. The van der Waals surface area contributed by atoms with Crippen LogP contribution >= 0.6 is 11.6 Å². The fourth-order valence-corrected chi connectivity index (χ4v) is 3.68. The van der Waals surface area contributed by atoms with E-state index in [1.807, 2.05) is 42.5 Å². The molecular weight excluding hydrogens is 372 g/mol. The highest BCUT2D eigenvalue weighted by atomic mass is 35.5. The van der Waals surface area contributed by atoms with Crippen molar-refractivity contribution < 1.29 is 9.53 Å². The summed E-state index contributed by atoms with van der Waals surface area (Å²) in [6.45, 7) is 4.73. The van der Waals surface area contributed by atoms with Crippen molar-refractivity contribution in [2.75, 3.05) is 5.32 Å². The first-order valence-corrected chi connectivity index (χ1v) is 9.69. The summed E-state index contributed by atoms with van der Waals surface area (Å²) in [6.07, 6.45) is -0.674. The fraction of sp³-hybridized carbons (Fsp3) is 0.174. The molecule has 0 unspecified atom stereocenters. The van der Waals surface area contributed by atoms with Crippen LogP contribution in [0.2, 0.25) is 5.02 Å². The van der Waals surface area contributed by atoms with E-state index in [0.29, 0.717) is 10.8 Å². The minimum Gasteiger partial charge on any atom is -0.479 e. The van der Waals surface area contributed by atoms with Crippen LogP contribution in [0.3, 0.4) is 0 Å². The average Bonchev–Trinajstić information content (AvgIpc) is 3.02. The molecule has 5 heteroatoms. The molecule has 0 bridgehead atoms. The van der Waals surface area contributed by atoms with E-state index in [1.54, 1.807) is 19.1 Å². The standard InChI is InChI=1S/C23H21ClN2O2/c1-3-26-20-10-6-4-8-17(20)18-14-16(12-13-21(18)26)25-23(27)15(2)28-22-11-7-5-9-19(22)24/h4-15H,3H2,1-2H3,(H,25,27)/t15-/m0/s1. The Morgan fingerprint density at radius 3 is 2.54 bits per heavy atom. The monoisotopic (exact) mass is 392 g/mol. The molecule has 0 fully saturated rings. The number of carbonyl (C=O) groups is 1. The van der Waals surface area contributed by atoms with Gasteiger partial charge in [-0.25, -0.2) is 0 Å². The molecular formula is C23H21ClN2O2. The van der Waals surface area contributed by atoms with Gasteiger partial charge in [-0.2, -0.15) is 0 Å². The van der Waals surface area contributed by atoms with Gasteiger partial charge in [0.15, 0.2) is 6.10 Å². The first kappa shape index (κ1) is 18.4. The number of hydrogen-bond donors (Lipinski definition) is 1. The van der Waals surface area contributed by atoms with Crippen molar-refractivity contribution in [3.05, 3.63) is 71.8 Å². The zero-order valence-electron chi connectivity index (χ0n) is 15.8. The van der Waals surface area contributed by atoms with Crippen LogP contribution < -0.4 is 10.1 Å². The van der Waals surface area contributed by atoms with Gasteiger partial charge in [-0.15, -0.1) is 0 Å². The molecule has 1 N–H and O–H groups in total. The van der Waals surface area contributed by atoms with E-state index >= 15 is 0 Å². The number of nitrogens with zero attached hydrogens (tertiary/aromatic N) is 1. The van der Waals surface area contributed by atoms with Crippen LogP contribution in [0.5, 0.6) is 5.75 Å². The lowest BCUT2D eigenvalue weighted by molar-refractivity contribution is -0.122. The minimum atomic E-state index is -0.674. The van der Waals surface area contributed by atoms with E-state index in [0.717, 1.165) is 23.1 Å². The Kier molecular flexibility index (Phi) is 4.97. The van der Waals surface area contributed by atoms with Crippen LogP contribution in [-0.4, -0.2) is 16.6 Å². The largest absolute Gasteiger partial charge is 0.479 e. The molecule has 0 aliphatic rings. The van der Waals surface area contributed by atoms with E-state index in [4.69, 9.17) is 16.3 Å². The van der Waals surface area contributed by atoms with E-state index in [9.17, 15) is 4.79 Å². The predicted molar refractivity (Wildman–Crippen MR) is 115 cm³/mol. The normalized spacial score (nSPS) is 12.2. The molecule has 1 heterocycles. The minimum absolute atomic E-state index is 0.224. The molecule has 0 saturated heterocycles. The second-order valence-electron chi connectivity index (χ2n) is 6.67. The number of aryl methyl sites for hydroxylation is 1. The molecule has 1 amide bonds. The maximum atomic E-state index is 12.6. The third-order valence-electron chi connectivity index (χ3n) is 4.87. The number of amides is 1. The van der Waals surface area contributed by atoms with Crippen molar-refractivity contribution in [3.8, 4) is 5.75 Å². The first-order chi connectivity index (χ1) is 13.6. The summed E-state index contributed by atoms with van der Waals surface area (Å²) in [7, 11) is 0. The number of para-hydroxylation sites is 2. The molecule has 0 radical (unpaired) electrons. The molecule has 4 rings (SSSR count). The number of benzene rings is 3. The lowest BCUT2D eigenvalue weighted by atomic mass is 10.1. The average molecular weight is 393 g/mol. The number of halogens is 1. The number of rotatable bonds is 5. The summed E-state index contributed by atoms with van der Waals surface area (Å²) in [5.74, 6) is 0.270. The Labute approximate surface area is 168 Å². The summed E-state index contributed by atoms with van der Waals surface area (Å²) in [5.41, 5.74) is 3.09. The van der Waals surface area contributed by atoms with E-state index in [-0.39, 0.29) is 5.91 Å². The fourth-order valence-electron chi connectivity index (χ4n) is 3.50. The van der Waals surface area contributed by atoms with Gasteiger partial charge in [-0.3, -0.25) is 4.79 Å². The number of ether oxygens (including phenoxy) is 1. The Morgan fingerprint density at radius 2 is 1.75 bits per heavy atom. The van der Waals surface area contributed by atoms with Crippen LogP contribution in [-0.2, 0) is 11.3 Å². The molecule has 1 aromatic heterocycles. The number of hydrogen-bond acceptors (Lipinski definition) is 2. The molecule has 4 aromatic rings. The lowest BCUT2D eigenvalue weighted by Gasteiger charge is -2.15. The van der Waals surface area contributed by atoms with E-state index < -0.39 is 6.10 Å². The maximum absolute atomic E-state index is 12.6. The zero-order valence-corrected chi connectivity index (χ0v) is 16.5. The first-order valence-electron chi connectivity index (χ1n) is 9.31. The Morgan fingerprint density at radius 1 is 1.04 bits per heavy atom. The van der Waals surface area contributed by atoms with Gasteiger partial charge in [0.2, 0.25) is 0 Å². The van der Waals surface area contributed by atoms with Crippen molar-refractivity contribution >= 4 is 45.0 Å². The summed E-state index contributed by atoms with van der Waals surface area (Å²) in [6, 6.07) is 21.4. The Bertz CT molecular complexity index is 1170. The Hall–Kier alpha value is -2.98. The third-order valence-corrected chi connectivity index (χ3v) is 5.18. The topological polar surface area (TPSA) is 43.3 Å². The van der Waals surface area contributed by atoms with Crippen molar-refractivity contribution in [2.45, 2.75) is 26.5 Å². The van der Waals surface area contributed by atoms with Gasteiger partial charge in [-0.05, 0) is 50.2 Å². The summed E-state index contributed by atoms with van der Waals surface area (Å²) < 4.78 is 7.99. The third kappa shape index (κ3) is 3.32. The van der Waals surface area contributed by atoms with Gasteiger partial charge >= 0.3 is 0 Å². The quantitative estimate of drug-likeness (QED) is 0.461. The van der Waals surface area contributed by atoms with E-state index in [1.165, 1.54) is 10.9 Å². The second-order valence-corrected chi connectivity index (χ2v) is 7.08. The Balaban J connectivity index is 1.60. The molecule has 0 aliphatic heterocycles. The number of aromatic nitrogens is 1. The van der Waals surface area contributed by atoms with Gasteiger partial charge in [-0.1, -0.05) is 41.9 Å². The van der Waals surface area contributed by atoms with Gasteiger partial charge in [0.05, 0.1) is 5.02 Å². The molecule has 1 atom stereocenters. The molecule has 28 heavy (non-hydrogen) atoms. The van der Waals surface area contributed by atoms with Crippen molar-refractivity contribution in [2.24, 2.45) is 0 Å². The molecule has 0 spiro atoms. The van der Waals surface area contributed by atoms with Crippen LogP contribution in [0.1, 0.15) is 13.8 Å². The summed E-state index contributed by atoms with van der Waals surface area (Å²) in [4.78, 5) is 12.6. The van der Waals surface area contributed by atoms with Crippen molar-refractivity contribution in [3.63, 3.8) is 0 Å². The van der Waals surface area contributed by atoms with Gasteiger partial charge in [0.25, 0.3) is 5.91 Å². The predicted octanol–water partition coefficient (Wildman–Crippen LogP) is 5.87. The molecule has 0 aliphatic carbocycles. The second kappa shape index (κ2) is 7.56. The van der Waals surface area contributed by atoms with Crippen molar-refractivity contribution in [1.29, 1.82) is 0 Å².